The molecular formula is C10H14NO. The number of hydrogen-bond acceptors (Lipinski definition) is 1. The summed E-state index contributed by atoms with van der Waals surface area (Å²) in [5.41, 5.74) is 0.874. The number of amides is 1. The molecule has 1 radical (unpaired) electrons. The van der Waals surface area contributed by atoms with E-state index in [2.05, 4.69) is 5.32 Å². The molecule has 0 bridgehead atoms. The van der Waals surface area contributed by atoms with Gasteiger partial charge in [-0.25, -0.2) is 0 Å². The van der Waals surface area contributed by atoms with Gasteiger partial charge in [0.05, 0.1) is 5.54 Å². The number of nitrogens with one attached hydrogen (secondary N) is 1. The molecule has 12 heavy (non-hydrogen) atoms. The number of carbonyl (C=O) groups excluding carboxylic acids is 1. The molecule has 0 aromatic rings. The van der Waals surface area contributed by atoms with E-state index in [0.717, 1.165) is 0 Å². The molecule has 1 aliphatic rings. The van der Waals surface area contributed by atoms with Gasteiger partial charge in [-0.1, -0.05) is 23.8 Å². The number of rotatable bonds is 1. The van der Waals surface area contributed by atoms with Crippen molar-refractivity contribution in [1.29, 1.82) is 0 Å². The molecule has 65 valence electrons. The molecule has 0 aromatic heterocycles. The second kappa shape index (κ2) is 3.13. The second-order valence-corrected chi connectivity index (χ2v) is 3.38. The van der Waals surface area contributed by atoms with Crippen molar-refractivity contribution in [2.24, 2.45) is 0 Å². The number of hydrogen-bond donors (Lipinski definition) is 1. The van der Waals surface area contributed by atoms with E-state index in [1.807, 2.05) is 38.5 Å². The Bertz CT molecular complexity index is 253. The van der Waals surface area contributed by atoms with Crippen molar-refractivity contribution in [1.82, 2.24) is 5.32 Å². The van der Waals surface area contributed by atoms with Gasteiger partial charge in [0.2, 0.25) is 5.91 Å². The predicted molar refractivity (Wildman–Crippen MR) is 49.4 cm³/mol. The van der Waals surface area contributed by atoms with Gasteiger partial charge in [0, 0.05) is 13.3 Å². The van der Waals surface area contributed by atoms with Gasteiger partial charge in [-0.3, -0.25) is 4.79 Å². The third-order valence-electron chi connectivity index (χ3n) is 1.77. The van der Waals surface area contributed by atoms with E-state index in [0.29, 0.717) is 0 Å². The quantitative estimate of drug-likeness (QED) is 0.626. The zero-order valence-electron chi connectivity index (χ0n) is 7.72. The Morgan fingerprint density at radius 2 is 2.25 bits per heavy atom. The molecule has 0 heterocycles. The van der Waals surface area contributed by atoms with E-state index in [4.69, 9.17) is 0 Å². The normalized spacial score (nSPS) is 28.1. The summed E-state index contributed by atoms with van der Waals surface area (Å²) in [6.07, 6.45) is 7.99. The Morgan fingerprint density at radius 1 is 1.58 bits per heavy atom. The molecule has 2 heteroatoms. The molecule has 0 fully saturated rings. The van der Waals surface area contributed by atoms with Crippen LogP contribution < -0.4 is 5.32 Å². The fraction of sp³-hybridized carbons (Fsp3) is 0.400. The van der Waals surface area contributed by atoms with Crippen molar-refractivity contribution in [3.8, 4) is 0 Å². The summed E-state index contributed by atoms with van der Waals surface area (Å²) in [4.78, 5) is 10.8. The monoisotopic (exact) mass is 164 g/mol. The zero-order valence-corrected chi connectivity index (χ0v) is 7.72. The minimum absolute atomic E-state index is 0.00639. The van der Waals surface area contributed by atoms with Gasteiger partial charge in [-0.15, -0.1) is 0 Å². The first kappa shape index (κ1) is 9.04. The topological polar surface area (TPSA) is 29.1 Å². The minimum atomic E-state index is -0.301. The van der Waals surface area contributed by atoms with Crippen LogP contribution in [0.3, 0.4) is 0 Å². The summed E-state index contributed by atoms with van der Waals surface area (Å²) in [5.74, 6) is -0.00639. The molecule has 0 saturated carbocycles. The summed E-state index contributed by atoms with van der Waals surface area (Å²) in [6.45, 7) is 5.52. The van der Waals surface area contributed by atoms with Crippen LogP contribution in [-0.2, 0) is 4.79 Å². The fourth-order valence-electron chi connectivity index (χ4n) is 1.43. The van der Waals surface area contributed by atoms with E-state index in [9.17, 15) is 4.79 Å². The van der Waals surface area contributed by atoms with Gasteiger partial charge < -0.3 is 5.32 Å². The molecule has 1 unspecified atom stereocenters. The number of allylic oxidation sites excluding steroid dienone is 2. The molecule has 1 atom stereocenters. The van der Waals surface area contributed by atoms with E-state index in [-0.39, 0.29) is 11.4 Å². The summed E-state index contributed by atoms with van der Waals surface area (Å²) in [6, 6.07) is 0. The highest BCUT2D eigenvalue weighted by Crippen LogP contribution is 2.19. The molecule has 0 aliphatic heterocycles. The zero-order chi connectivity index (χ0) is 9.19. The molecule has 1 rings (SSSR count). The largest absolute Gasteiger partial charge is 0.347 e. The predicted octanol–water partition coefficient (Wildman–Crippen LogP) is 1.60. The smallest absolute Gasteiger partial charge is 0.217 e. The third-order valence-corrected chi connectivity index (χ3v) is 1.77. The Morgan fingerprint density at radius 3 is 2.75 bits per heavy atom. The molecule has 1 N–H and O–H groups in total. The van der Waals surface area contributed by atoms with Crippen LogP contribution in [0, 0.1) is 6.42 Å². The molecule has 2 nitrogen and oxygen atoms in total. The van der Waals surface area contributed by atoms with Crippen LogP contribution in [0.5, 0.6) is 0 Å². The van der Waals surface area contributed by atoms with Gasteiger partial charge in [0.25, 0.3) is 0 Å². The van der Waals surface area contributed by atoms with Crippen molar-refractivity contribution in [3.05, 3.63) is 30.2 Å². The van der Waals surface area contributed by atoms with Crippen molar-refractivity contribution in [2.75, 3.05) is 0 Å². The third kappa shape index (κ3) is 2.22. The van der Waals surface area contributed by atoms with Crippen LogP contribution in [0.15, 0.2) is 23.8 Å². The SMILES string of the molecule is CC(=O)NC1(C)[CH]C=CC(C)=C1. The van der Waals surface area contributed by atoms with Crippen molar-refractivity contribution < 1.29 is 4.79 Å². The lowest BCUT2D eigenvalue weighted by Gasteiger charge is -2.28. The first-order valence-corrected chi connectivity index (χ1v) is 4.03. The second-order valence-electron chi connectivity index (χ2n) is 3.38. The number of carbonyl (C=O) groups is 1. The van der Waals surface area contributed by atoms with Crippen LogP contribution >= 0.6 is 0 Å². The minimum Gasteiger partial charge on any atom is -0.347 e. The molecule has 0 aromatic carbocycles. The Balaban J connectivity index is 2.73. The van der Waals surface area contributed by atoms with Crippen LogP contribution in [0.25, 0.3) is 0 Å². The maximum Gasteiger partial charge on any atom is 0.217 e. The molecule has 1 aliphatic carbocycles. The summed E-state index contributed by atoms with van der Waals surface area (Å²) < 4.78 is 0. The standard InChI is InChI=1S/C10H14NO/c1-8-5-4-6-10(3,7-8)11-9(2)12/h4-7H,1-3H3,(H,11,12). The highest BCUT2D eigenvalue weighted by atomic mass is 16.1. The Kier molecular flexibility index (Phi) is 2.36. The van der Waals surface area contributed by atoms with Crippen molar-refractivity contribution in [3.63, 3.8) is 0 Å². The first-order chi connectivity index (χ1) is 5.52. The Labute approximate surface area is 73.4 Å². The summed E-state index contributed by atoms with van der Waals surface area (Å²) in [5, 5.41) is 2.87. The van der Waals surface area contributed by atoms with Crippen LogP contribution in [-0.4, -0.2) is 11.4 Å². The lowest BCUT2D eigenvalue weighted by atomic mass is 9.90. The highest BCUT2D eigenvalue weighted by Gasteiger charge is 2.22. The van der Waals surface area contributed by atoms with Crippen molar-refractivity contribution >= 4 is 5.91 Å². The van der Waals surface area contributed by atoms with E-state index < -0.39 is 0 Å². The maximum atomic E-state index is 10.8. The van der Waals surface area contributed by atoms with Crippen LogP contribution in [0.1, 0.15) is 20.8 Å². The lowest BCUT2D eigenvalue weighted by Crippen LogP contribution is -2.44. The highest BCUT2D eigenvalue weighted by molar-refractivity contribution is 5.74. The maximum absolute atomic E-state index is 10.8. The van der Waals surface area contributed by atoms with Gasteiger partial charge >= 0.3 is 0 Å². The van der Waals surface area contributed by atoms with Crippen LogP contribution in [0.4, 0.5) is 0 Å². The molecule has 0 spiro atoms. The lowest BCUT2D eigenvalue weighted by molar-refractivity contribution is -0.119. The summed E-state index contributed by atoms with van der Waals surface area (Å²) in [7, 11) is 0. The van der Waals surface area contributed by atoms with E-state index in [1.165, 1.54) is 12.5 Å². The van der Waals surface area contributed by atoms with E-state index >= 15 is 0 Å². The average Bonchev–Trinajstić information content (AvgIpc) is 1.82. The van der Waals surface area contributed by atoms with Crippen molar-refractivity contribution in [2.45, 2.75) is 26.3 Å². The molecular weight excluding hydrogens is 150 g/mol. The average molecular weight is 164 g/mol. The fourth-order valence-corrected chi connectivity index (χ4v) is 1.43. The van der Waals surface area contributed by atoms with Gasteiger partial charge in [-0.05, 0) is 13.8 Å². The van der Waals surface area contributed by atoms with Gasteiger partial charge in [0.15, 0.2) is 0 Å². The molecule has 1 amide bonds. The van der Waals surface area contributed by atoms with E-state index in [1.54, 1.807) is 0 Å². The van der Waals surface area contributed by atoms with Crippen LogP contribution in [0.2, 0.25) is 0 Å². The van der Waals surface area contributed by atoms with Gasteiger partial charge in [0.1, 0.15) is 0 Å². The molecule has 0 saturated heterocycles. The van der Waals surface area contributed by atoms with Gasteiger partial charge in [-0.2, -0.15) is 0 Å². The Hall–Kier alpha value is -1.05. The summed E-state index contributed by atoms with van der Waals surface area (Å²) >= 11 is 0. The first-order valence-electron chi connectivity index (χ1n) is 4.03.